The summed E-state index contributed by atoms with van der Waals surface area (Å²) >= 11 is 0. The number of methoxy groups -OCH3 is 1. The first-order valence-corrected chi connectivity index (χ1v) is 13.9. The van der Waals surface area contributed by atoms with Crippen LogP contribution in [-0.2, 0) is 13.1 Å². The molecule has 42 heavy (non-hydrogen) atoms. The van der Waals surface area contributed by atoms with E-state index in [0.717, 1.165) is 29.9 Å². The average molecular weight is 567 g/mol. The molecule has 1 aromatic heterocycles. The van der Waals surface area contributed by atoms with Crippen LogP contribution in [0.3, 0.4) is 0 Å². The molecule has 0 spiro atoms. The van der Waals surface area contributed by atoms with Crippen molar-refractivity contribution < 1.29 is 18.7 Å². The van der Waals surface area contributed by atoms with E-state index in [4.69, 9.17) is 4.74 Å². The van der Waals surface area contributed by atoms with E-state index in [0.29, 0.717) is 35.7 Å². The number of carbonyl (C=O) groups excluding carboxylic acids is 2. The second kappa shape index (κ2) is 11.5. The number of nitrogens with zero attached hydrogens (tertiary/aromatic N) is 2. The molecule has 3 aromatic carbocycles. The Bertz CT molecular complexity index is 1680. The van der Waals surface area contributed by atoms with Gasteiger partial charge < -0.3 is 24.8 Å². The van der Waals surface area contributed by atoms with Crippen LogP contribution < -0.4 is 25.8 Å². The fourth-order valence-corrected chi connectivity index (χ4v) is 5.97. The number of anilines is 2. The summed E-state index contributed by atoms with van der Waals surface area (Å²) in [5, 5.41) is 5.91. The number of piperidine rings is 1. The standard InChI is InChI=1S/C33H31FN4O4/c1-42-27-12-7-23(8-13-27)33(41)36-28-16-24(32(40)35-17-21-5-10-26(34)11-6-21)9-14-30(28)37-18-22-15-25(20-37)29-3-2-4-31(39)38(29)19-22/h2-14,16,22,25H,15,17-20H2,1H3,(H,35,40)(H,36,41). The van der Waals surface area contributed by atoms with E-state index in [9.17, 15) is 18.8 Å². The highest BCUT2D eigenvalue weighted by Gasteiger charge is 2.35. The van der Waals surface area contributed by atoms with Crippen molar-refractivity contribution >= 4 is 23.2 Å². The number of nitrogens with one attached hydrogen (secondary N) is 2. The lowest BCUT2D eigenvalue weighted by molar-refractivity contribution is 0.0949. The molecule has 9 heteroatoms. The van der Waals surface area contributed by atoms with Gasteiger partial charge in [0.25, 0.3) is 17.4 Å². The van der Waals surface area contributed by atoms with Gasteiger partial charge in [0.1, 0.15) is 11.6 Å². The SMILES string of the molecule is COc1ccc(C(=O)Nc2cc(C(=O)NCc3ccc(F)cc3)ccc2N2CC3CC(C2)c2cccc(=O)n2C3)cc1. The quantitative estimate of drug-likeness (QED) is 0.335. The van der Waals surface area contributed by atoms with Gasteiger partial charge in [0.15, 0.2) is 0 Å². The van der Waals surface area contributed by atoms with E-state index >= 15 is 0 Å². The van der Waals surface area contributed by atoms with Gasteiger partial charge in [-0.2, -0.15) is 0 Å². The second-order valence-corrected chi connectivity index (χ2v) is 10.8. The summed E-state index contributed by atoms with van der Waals surface area (Å²) in [4.78, 5) is 41.2. The number of carbonyl (C=O) groups is 2. The maximum atomic E-state index is 13.3. The van der Waals surface area contributed by atoms with Crippen LogP contribution in [0, 0.1) is 11.7 Å². The molecule has 8 nitrogen and oxygen atoms in total. The number of halogens is 1. The summed E-state index contributed by atoms with van der Waals surface area (Å²) in [6.45, 7) is 2.29. The van der Waals surface area contributed by atoms with Crippen molar-refractivity contribution in [2.75, 3.05) is 30.4 Å². The minimum atomic E-state index is -0.338. The number of fused-ring (bicyclic) bond motifs is 4. The Morgan fingerprint density at radius 3 is 2.43 bits per heavy atom. The van der Waals surface area contributed by atoms with Crippen molar-refractivity contribution in [3.05, 3.63) is 123 Å². The third-order valence-corrected chi connectivity index (χ3v) is 8.05. The number of ether oxygens (including phenoxy) is 1. The minimum Gasteiger partial charge on any atom is -0.497 e. The molecule has 0 aliphatic carbocycles. The summed E-state index contributed by atoms with van der Waals surface area (Å²) in [6, 6.07) is 23.5. The van der Waals surface area contributed by atoms with E-state index in [1.807, 2.05) is 22.8 Å². The molecular formula is C33H31FN4O4. The summed E-state index contributed by atoms with van der Waals surface area (Å²) in [5.74, 6) is 0.142. The minimum absolute atomic E-state index is 0.0269. The summed E-state index contributed by atoms with van der Waals surface area (Å²) in [5.41, 5.74) is 4.01. The fraction of sp³-hybridized carbons (Fsp3) is 0.242. The van der Waals surface area contributed by atoms with Crippen molar-refractivity contribution in [3.8, 4) is 5.75 Å². The molecule has 0 radical (unpaired) electrons. The van der Waals surface area contributed by atoms with Crippen molar-refractivity contribution in [2.24, 2.45) is 5.92 Å². The molecule has 0 saturated carbocycles. The van der Waals surface area contributed by atoms with Crippen molar-refractivity contribution in [1.29, 1.82) is 0 Å². The molecule has 2 aliphatic heterocycles. The van der Waals surface area contributed by atoms with Crippen LogP contribution >= 0.6 is 0 Å². The molecule has 2 N–H and O–H groups in total. The highest BCUT2D eigenvalue weighted by Crippen LogP contribution is 2.39. The average Bonchev–Trinajstić information content (AvgIpc) is 3.01. The van der Waals surface area contributed by atoms with E-state index in [1.54, 1.807) is 61.7 Å². The van der Waals surface area contributed by atoms with Gasteiger partial charge in [0.05, 0.1) is 18.5 Å². The van der Waals surface area contributed by atoms with Crippen LogP contribution in [0.5, 0.6) is 5.75 Å². The Hall–Kier alpha value is -4.92. The Morgan fingerprint density at radius 1 is 0.905 bits per heavy atom. The number of benzene rings is 3. The molecule has 3 heterocycles. The van der Waals surface area contributed by atoms with E-state index < -0.39 is 0 Å². The first kappa shape index (κ1) is 27.3. The molecule has 2 atom stereocenters. The van der Waals surface area contributed by atoms with Gasteiger partial charge in [-0.3, -0.25) is 14.4 Å². The number of hydrogen-bond donors (Lipinski definition) is 2. The zero-order valence-electron chi connectivity index (χ0n) is 23.2. The second-order valence-electron chi connectivity index (χ2n) is 10.8. The third kappa shape index (κ3) is 5.63. The lowest BCUT2D eigenvalue weighted by Crippen LogP contribution is -2.47. The van der Waals surface area contributed by atoms with Gasteiger partial charge in [0.2, 0.25) is 0 Å². The zero-order valence-corrected chi connectivity index (χ0v) is 23.2. The summed E-state index contributed by atoms with van der Waals surface area (Å²) < 4.78 is 20.4. The Labute approximate surface area is 242 Å². The number of hydrogen-bond acceptors (Lipinski definition) is 5. The maximum absolute atomic E-state index is 13.3. The first-order valence-electron chi connectivity index (χ1n) is 13.9. The van der Waals surface area contributed by atoms with Crippen molar-refractivity contribution in [1.82, 2.24) is 9.88 Å². The van der Waals surface area contributed by atoms with Gasteiger partial charge in [-0.25, -0.2) is 4.39 Å². The lowest BCUT2D eigenvalue weighted by Gasteiger charge is -2.44. The molecule has 214 valence electrons. The van der Waals surface area contributed by atoms with Crippen LogP contribution in [0.4, 0.5) is 15.8 Å². The molecule has 2 bridgehead atoms. The molecule has 1 fully saturated rings. The number of pyridine rings is 1. The highest BCUT2D eigenvalue weighted by molar-refractivity contribution is 6.07. The number of amides is 2. The third-order valence-electron chi connectivity index (χ3n) is 8.05. The predicted octanol–water partition coefficient (Wildman–Crippen LogP) is 4.80. The fourth-order valence-electron chi connectivity index (χ4n) is 5.97. The van der Waals surface area contributed by atoms with Crippen LogP contribution in [0.1, 0.15) is 44.3 Å². The van der Waals surface area contributed by atoms with E-state index in [2.05, 4.69) is 15.5 Å². The summed E-state index contributed by atoms with van der Waals surface area (Å²) in [7, 11) is 1.57. The van der Waals surface area contributed by atoms with Crippen molar-refractivity contribution in [2.45, 2.75) is 25.4 Å². The van der Waals surface area contributed by atoms with Crippen LogP contribution in [0.25, 0.3) is 0 Å². The molecule has 1 saturated heterocycles. The normalized spacial score (nSPS) is 17.2. The monoisotopic (exact) mass is 566 g/mol. The summed E-state index contributed by atoms with van der Waals surface area (Å²) in [6.07, 6.45) is 0.997. The molecule has 2 unspecified atom stereocenters. The zero-order chi connectivity index (χ0) is 29.2. The topological polar surface area (TPSA) is 92.7 Å². The molecule has 6 rings (SSSR count). The molecular weight excluding hydrogens is 535 g/mol. The number of aromatic nitrogens is 1. The maximum Gasteiger partial charge on any atom is 0.255 e. The Balaban J connectivity index is 1.28. The first-order chi connectivity index (χ1) is 20.4. The highest BCUT2D eigenvalue weighted by atomic mass is 19.1. The van der Waals surface area contributed by atoms with Crippen LogP contribution in [0.2, 0.25) is 0 Å². The van der Waals surface area contributed by atoms with E-state index in [-0.39, 0.29) is 41.6 Å². The lowest BCUT2D eigenvalue weighted by atomic mass is 9.83. The smallest absolute Gasteiger partial charge is 0.255 e. The Kier molecular flexibility index (Phi) is 7.48. The van der Waals surface area contributed by atoms with Crippen molar-refractivity contribution in [3.63, 3.8) is 0 Å². The Morgan fingerprint density at radius 2 is 1.67 bits per heavy atom. The predicted molar refractivity (Wildman–Crippen MR) is 159 cm³/mol. The van der Waals surface area contributed by atoms with Crippen LogP contribution in [-0.4, -0.2) is 36.6 Å². The molecule has 4 aromatic rings. The van der Waals surface area contributed by atoms with Gasteiger partial charge in [-0.15, -0.1) is 0 Å². The van der Waals surface area contributed by atoms with Gasteiger partial charge >= 0.3 is 0 Å². The van der Waals surface area contributed by atoms with Gasteiger partial charge in [-0.05, 0) is 78.6 Å². The van der Waals surface area contributed by atoms with Gasteiger partial charge in [-0.1, -0.05) is 18.2 Å². The van der Waals surface area contributed by atoms with Crippen LogP contribution in [0.15, 0.2) is 89.7 Å². The largest absolute Gasteiger partial charge is 0.497 e. The molecule has 2 aliphatic rings. The van der Waals surface area contributed by atoms with Gasteiger partial charge in [0, 0.05) is 55.0 Å². The molecule has 2 amide bonds. The van der Waals surface area contributed by atoms with E-state index in [1.165, 1.54) is 12.1 Å². The number of rotatable bonds is 7.